The summed E-state index contributed by atoms with van der Waals surface area (Å²) in [5.74, 6) is 0.349. The number of carbonyl (C=O) groups excluding carboxylic acids is 2. The summed E-state index contributed by atoms with van der Waals surface area (Å²) in [6.45, 7) is 9.94. The highest BCUT2D eigenvalue weighted by Crippen LogP contribution is 2.22. The van der Waals surface area contributed by atoms with Crippen LogP contribution >= 0.6 is 0 Å². The number of amides is 2. The van der Waals surface area contributed by atoms with Crippen molar-refractivity contribution in [3.63, 3.8) is 0 Å². The molecule has 0 aliphatic carbocycles. The van der Waals surface area contributed by atoms with E-state index in [4.69, 9.17) is 14.2 Å². The van der Waals surface area contributed by atoms with Gasteiger partial charge in [-0.25, -0.2) is 9.59 Å². The molecule has 2 rings (SSSR count). The van der Waals surface area contributed by atoms with Gasteiger partial charge in [0, 0.05) is 26.3 Å². The van der Waals surface area contributed by atoms with Gasteiger partial charge in [0.25, 0.3) is 0 Å². The minimum absolute atomic E-state index is 0.194. The molecule has 7 nitrogen and oxygen atoms in total. The van der Waals surface area contributed by atoms with E-state index < -0.39 is 11.7 Å². The average Bonchev–Trinajstić information content (AvgIpc) is 2.71. The summed E-state index contributed by atoms with van der Waals surface area (Å²) in [5, 5.41) is 2.82. The minimum Gasteiger partial charge on any atom is -0.445 e. The van der Waals surface area contributed by atoms with Crippen LogP contribution in [0.1, 0.15) is 52.5 Å². The molecular weight excluding hydrogens is 384 g/mol. The molecule has 1 aliphatic rings. The molecule has 168 valence electrons. The molecule has 1 aromatic carbocycles. The maximum Gasteiger partial charge on any atom is 0.410 e. The van der Waals surface area contributed by atoms with Gasteiger partial charge in [0.05, 0.1) is 6.04 Å². The summed E-state index contributed by atoms with van der Waals surface area (Å²) >= 11 is 0. The number of benzene rings is 1. The number of carbonyl (C=O) groups is 2. The lowest BCUT2D eigenvalue weighted by molar-refractivity contribution is 0.00617. The first-order chi connectivity index (χ1) is 14.3. The molecule has 1 aliphatic heterocycles. The van der Waals surface area contributed by atoms with E-state index in [2.05, 4.69) is 5.32 Å². The van der Waals surface area contributed by atoms with E-state index in [-0.39, 0.29) is 18.7 Å². The van der Waals surface area contributed by atoms with E-state index >= 15 is 0 Å². The van der Waals surface area contributed by atoms with E-state index in [1.54, 1.807) is 4.90 Å². The lowest BCUT2D eigenvalue weighted by Gasteiger charge is -2.35. The summed E-state index contributed by atoms with van der Waals surface area (Å²) in [4.78, 5) is 26.7. The zero-order chi connectivity index (χ0) is 22.0. The smallest absolute Gasteiger partial charge is 0.410 e. The topological polar surface area (TPSA) is 77.1 Å². The van der Waals surface area contributed by atoms with Crippen LogP contribution in [0.25, 0.3) is 0 Å². The van der Waals surface area contributed by atoms with Gasteiger partial charge in [0.2, 0.25) is 0 Å². The molecule has 1 saturated heterocycles. The summed E-state index contributed by atoms with van der Waals surface area (Å²) in [7, 11) is 0. The first-order valence-corrected chi connectivity index (χ1v) is 10.8. The van der Waals surface area contributed by atoms with Crippen LogP contribution in [0, 0.1) is 5.92 Å². The Labute approximate surface area is 180 Å². The summed E-state index contributed by atoms with van der Waals surface area (Å²) in [6.07, 6.45) is 1.95. The second-order valence-corrected chi connectivity index (χ2v) is 8.68. The fourth-order valence-corrected chi connectivity index (χ4v) is 3.53. The van der Waals surface area contributed by atoms with Crippen LogP contribution < -0.4 is 5.32 Å². The molecule has 0 aromatic heterocycles. The summed E-state index contributed by atoms with van der Waals surface area (Å²) in [5.41, 5.74) is 0.345. The fraction of sp³-hybridized carbons (Fsp3) is 0.652. The lowest BCUT2D eigenvalue weighted by atomic mass is 9.93. The third-order valence-corrected chi connectivity index (χ3v) is 4.96. The van der Waals surface area contributed by atoms with Crippen molar-refractivity contribution in [1.29, 1.82) is 0 Å². The normalized spacial score (nSPS) is 17.7. The second-order valence-electron chi connectivity index (χ2n) is 8.68. The van der Waals surface area contributed by atoms with Gasteiger partial charge in [-0.15, -0.1) is 0 Å². The highest BCUT2D eigenvalue weighted by Gasteiger charge is 2.30. The molecule has 0 spiro atoms. The number of likely N-dealkylation sites (N-methyl/N-ethyl adjacent to an activating group) is 1. The van der Waals surface area contributed by atoms with E-state index in [0.29, 0.717) is 25.6 Å². The largest absolute Gasteiger partial charge is 0.445 e. The molecular formula is C23H36N2O5. The molecule has 2 atom stereocenters. The molecule has 1 fully saturated rings. The molecule has 0 saturated carbocycles. The Morgan fingerprint density at radius 3 is 2.60 bits per heavy atom. The van der Waals surface area contributed by atoms with Crippen LogP contribution in [-0.4, -0.2) is 55.0 Å². The second kappa shape index (κ2) is 11.8. The third kappa shape index (κ3) is 8.61. The molecule has 30 heavy (non-hydrogen) atoms. The predicted molar refractivity (Wildman–Crippen MR) is 115 cm³/mol. The molecule has 1 N–H and O–H groups in total. The highest BCUT2D eigenvalue weighted by atomic mass is 16.6. The van der Waals surface area contributed by atoms with Crippen LogP contribution in [0.15, 0.2) is 30.3 Å². The number of hydrogen-bond donors (Lipinski definition) is 1. The van der Waals surface area contributed by atoms with Crippen molar-refractivity contribution in [3.8, 4) is 0 Å². The number of rotatable bonds is 8. The molecule has 1 heterocycles. The predicted octanol–water partition coefficient (Wildman–Crippen LogP) is 4.36. The van der Waals surface area contributed by atoms with Gasteiger partial charge in [-0.3, -0.25) is 0 Å². The van der Waals surface area contributed by atoms with Crippen molar-refractivity contribution in [2.24, 2.45) is 5.92 Å². The van der Waals surface area contributed by atoms with Crippen LogP contribution in [0.4, 0.5) is 9.59 Å². The van der Waals surface area contributed by atoms with Gasteiger partial charge in [0.15, 0.2) is 0 Å². The van der Waals surface area contributed by atoms with Crippen molar-refractivity contribution < 1.29 is 23.8 Å². The van der Waals surface area contributed by atoms with E-state index in [9.17, 15) is 9.59 Å². The molecule has 0 radical (unpaired) electrons. The molecule has 1 aromatic rings. The van der Waals surface area contributed by atoms with Crippen LogP contribution in [-0.2, 0) is 20.8 Å². The van der Waals surface area contributed by atoms with Gasteiger partial charge in [0.1, 0.15) is 12.2 Å². The Balaban J connectivity index is 1.96. The van der Waals surface area contributed by atoms with Crippen molar-refractivity contribution >= 4 is 12.2 Å². The molecule has 2 amide bonds. The SMILES string of the molecule is CCN(C(=O)OC(C)(C)C)C(CNC(=O)OCc1ccccc1)C[C@@H]1CCCOC1. The van der Waals surface area contributed by atoms with E-state index in [1.165, 1.54) is 0 Å². The third-order valence-electron chi connectivity index (χ3n) is 4.96. The van der Waals surface area contributed by atoms with Crippen LogP contribution in [0.5, 0.6) is 0 Å². The minimum atomic E-state index is -0.578. The van der Waals surface area contributed by atoms with E-state index in [0.717, 1.165) is 31.4 Å². The Kier molecular flexibility index (Phi) is 9.43. The van der Waals surface area contributed by atoms with Gasteiger partial charge in [-0.05, 0) is 58.4 Å². The number of nitrogens with one attached hydrogen (secondary N) is 1. The van der Waals surface area contributed by atoms with E-state index in [1.807, 2.05) is 58.0 Å². The summed E-state index contributed by atoms with van der Waals surface area (Å²) in [6, 6.07) is 9.33. The zero-order valence-electron chi connectivity index (χ0n) is 18.7. The number of ether oxygens (including phenoxy) is 3. The van der Waals surface area contributed by atoms with Crippen molar-refractivity contribution in [2.45, 2.75) is 65.2 Å². The molecule has 7 heteroatoms. The fourth-order valence-electron chi connectivity index (χ4n) is 3.53. The quantitative estimate of drug-likeness (QED) is 0.676. The number of alkyl carbamates (subject to hydrolysis) is 1. The summed E-state index contributed by atoms with van der Waals surface area (Å²) < 4.78 is 16.5. The Morgan fingerprint density at radius 2 is 2.00 bits per heavy atom. The first-order valence-electron chi connectivity index (χ1n) is 10.8. The van der Waals surface area contributed by atoms with Gasteiger partial charge in [-0.1, -0.05) is 30.3 Å². The van der Waals surface area contributed by atoms with Crippen molar-refractivity contribution in [2.75, 3.05) is 26.3 Å². The van der Waals surface area contributed by atoms with Crippen LogP contribution in [0.2, 0.25) is 0 Å². The maximum atomic E-state index is 12.8. The van der Waals surface area contributed by atoms with Crippen LogP contribution in [0.3, 0.4) is 0 Å². The zero-order valence-corrected chi connectivity index (χ0v) is 18.7. The molecule has 0 bridgehead atoms. The lowest BCUT2D eigenvalue weighted by Crippen LogP contribution is -2.49. The standard InChI is InChI=1S/C23H36N2O5/c1-5-25(22(27)30-23(2,3)4)20(14-19-12-9-13-28-16-19)15-24-21(26)29-17-18-10-7-6-8-11-18/h6-8,10-11,19-20H,5,9,12-17H2,1-4H3,(H,24,26)/t19-,20?/m0/s1. The number of hydrogen-bond acceptors (Lipinski definition) is 5. The van der Waals surface area contributed by atoms with Gasteiger partial charge >= 0.3 is 12.2 Å². The Hall–Kier alpha value is -2.28. The van der Waals surface area contributed by atoms with Gasteiger partial charge in [-0.2, -0.15) is 0 Å². The monoisotopic (exact) mass is 420 g/mol. The maximum absolute atomic E-state index is 12.8. The highest BCUT2D eigenvalue weighted by molar-refractivity contribution is 5.69. The number of nitrogens with zero attached hydrogens (tertiary/aromatic N) is 1. The van der Waals surface area contributed by atoms with Gasteiger partial charge < -0.3 is 24.4 Å². The molecule has 1 unspecified atom stereocenters. The van der Waals surface area contributed by atoms with Crippen molar-refractivity contribution in [3.05, 3.63) is 35.9 Å². The first kappa shape index (κ1) is 24.0. The Morgan fingerprint density at radius 1 is 1.27 bits per heavy atom. The average molecular weight is 421 g/mol. The van der Waals surface area contributed by atoms with Crippen molar-refractivity contribution in [1.82, 2.24) is 10.2 Å². The Bertz CT molecular complexity index is 653.